The van der Waals surface area contributed by atoms with E-state index in [0.29, 0.717) is 28.2 Å². The Hall–Kier alpha value is -4.78. The zero-order valence-electron chi connectivity index (χ0n) is 20.4. The van der Waals surface area contributed by atoms with E-state index in [1.165, 1.54) is 6.26 Å². The Bertz CT molecular complexity index is 1600. The van der Waals surface area contributed by atoms with E-state index in [2.05, 4.69) is 0 Å². The van der Waals surface area contributed by atoms with Crippen LogP contribution in [0.4, 0.5) is 0 Å². The third-order valence-corrected chi connectivity index (χ3v) is 8.07. The highest BCUT2D eigenvalue weighted by Gasteiger charge is 2.73. The molecule has 186 valence electrons. The molecule has 0 amide bonds. The second-order valence-electron chi connectivity index (χ2n) is 9.76. The van der Waals surface area contributed by atoms with E-state index in [-0.39, 0.29) is 17.3 Å². The number of hydrogen-bond acceptors (Lipinski definition) is 7. The van der Waals surface area contributed by atoms with Crippen molar-refractivity contribution in [3.05, 3.63) is 125 Å². The first kappa shape index (κ1) is 22.4. The molecule has 1 aliphatic carbocycles. The molecule has 3 atom stereocenters. The van der Waals surface area contributed by atoms with E-state index in [1.807, 2.05) is 24.3 Å². The van der Waals surface area contributed by atoms with E-state index < -0.39 is 23.4 Å². The molecular weight excluding hydrogens is 480 g/mol. The van der Waals surface area contributed by atoms with Crippen LogP contribution in [0.1, 0.15) is 59.9 Å². The number of rotatable bonds is 4. The van der Waals surface area contributed by atoms with Crippen molar-refractivity contribution in [1.29, 1.82) is 0 Å². The van der Waals surface area contributed by atoms with E-state index in [4.69, 9.17) is 14.3 Å². The molecule has 0 unspecified atom stereocenters. The first-order chi connectivity index (χ1) is 18.6. The molecule has 1 aromatic heterocycles. The summed E-state index contributed by atoms with van der Waals surface area (Å²) in [7, 11) is 1.56. The number of furan rings is 1. The van der Waals surface area contributed by atoms with E-state index in [0.717, 1.165) is 11.1 Å². The number of carbonyl (C=O) groups excluding carboxylic acids is 3. The third kappa shape index (κ3) is 2.78. The lowest BCUT2D eigenvalue weighted by molar-refractivity contribution is 0.0579. The van der Waals surface area contributed by atoms with Crippen LogP contribution in [0, 0.1) is 5.41 Å². The highest BCUT2D eigenvalue weighted by molar-refractivity contribution is 6.31. The fourth-order valence-electron chi connectivity index (χ4n) is 6.48. The monoisotopic (exact) mass is 502 g/mol. The number of hydrogen-bond donors (Lipinski definition) is 0. The van der Waals surface area contributed by atoms with Gasteiger partial charge in [0.1, 0.15) is 23.0 Å². The summed E-state index contributed by atoms with van der Waals surface area (Å²) in [6, 6.07) is 23.0. The van der Waals surface area contributed by atoms with Crippen molar-refractivity contribution < 1.29 is 23.5 Å². The molecular formula is C31H22N2O5. The Balaban J connectivity index is 1.51. The van der Waals surface area contributed by atoms with Crippen LogP contribution < -0.4 is 4.74 Å². The number of ether oxygens (including phenoxy) is 1. The maximum Gasteiger partial charge on any atom is 0.187 e. The molecule has 1 spiro atoms. The van der Waals surface area contributed by atoms with Crippen molar-refractivity contribution in [2.45, 2.75) is 18.0 Å². The summed E-state index contributed by atoms with van der Waals surface area (Å²) in [6.07, 6.45) is 3.19. The molecule has 0 saturated carbocycles. The maximum absolute atomic E-state index is 14.5. The van der Waals surface area contributed by atoms with E-state index >= 15 is 0 Å². The first-order valence-electron chi connectivity index (χ1n) is 12.4. The van der Waals surface area contributed by atoms with Gasteiger partial charge in [0, 0.05) is 16.7 Å². The van der Waals surface area contributed by atoms with Crippen molar-refractivity contribution in [1.82, 2.24) is 5.01 Å². The molecule has 3 heterocycles. The Morgan fingerprint density at radius 1 is 0.895 bits per heavy atom. The molecule has 2 aliphatic heterocycles. The van der Waals surface area contributed by atoms with Crippen molar-refractivity contribution in [3.63, 3.8) is 0 Å². The van der Waals surface area contributed by atoms with Crippen LogP contribution in [0.2, 0.25) is 0 Å². The highest BCUT2D eigenvalue weighted by Crippen LogP contribution is 2.64. The topological polar surface area (TPSA) is 89.2 Å². The zero-order valence-corrected chi connectivity index (χ0v) is 20.4. The van der Waals surface area contributed by atoms with Gasteiger partial charge in [-0.2, -0.15) is 5.10 Å². The number of ketones is 3. The largest absolute Gasteiger partial charge is 0.497 e. The molecule has 0 bridgehead atoms. The third-order valence-electron chi connectivity index (χ3n) is 8.07. The van der Waals surface area contributed by atoms with Crippen molar-refractivity contribution in [2.24, 2.45) is 10.5 Å². The van der Waals surface area contributed by atoms with Crippen LogP contribution in [0.3, 0.4) is 0 Å². The molecule has 7 nitrogen and oxygen atoms in total. The first-order valence-corrected chi connectivity index (χ1v) is 12.4. The molecule has 3 aliphatic rings. The number of benzene rings is 3. The minimum absolute atomic E-state index is 0.260. The lowest BCUT2D eigenvalue weighted by atomic mass is 9.64. The Morgan fingerprint density at radius 2 is 1.58 bits per heavy atom. The zero-order chi connectivity index (χ0) is 26.0. The van der Waals surface area contributed by atoms with Crippen LogP contribution >= 0.6 is 0 Å². The van der Waals surface area contributed by atoms with Crippen LogP contribution in [-0.4, -0.2) is 41.7 Å². The van der Waals surface area contributed by atoms with Gasteiger partial charge in [-0.1, -0.05) is 48.5 Å². The molecule has 1 saturated heterocycles. The summed E-state index contributed by atoms with van der Waals surface area (Å²) in [6.45, 7) is 0. The van der Waals surface area contributed by atoms with Gasteiger partial charge in [-0.05, 0) is 47.5 Å². The van der Waals surface area contributed by atoms with E-state index in [1.54, 1.807) is 79.0 Å². The van der Waals surface area contributed by atoms with Gasteiger partial charge in [-0.3, -0.25) is 19.4 Å². The summed E-state index contributed by atoms with van der Waals surface area (Å²) in [5.74, 6) is -0.783. The average molecular weight is 503 g/mol. The van der Waals surface area contributed by atoms with Crippen molar-refractivity contribution in [2.75, 3.05) is 7.11 Å². The summed E-state index contributed by atoms with van der Waals surface area (Å²) in [4.78, 5) is 43.4. The van der Waals surface area contributed by atoms with Gasteiger partial charge in [-0.25, -0.2) is 0 Å². The number of methoxy groups -OCH3 is 1. The van der Waals surface area contributed by atoms with Gasteiger partial charge >= 0.3 is 0 Å². The molecule has 38 heavy (non-hydrogen) atoms. The van der Waals surface area contributed by atoms with Crippen molar-refractivity contribution >= 4 is 23.6 Å². The lowest BCUT2D eigenvalue weighted by Gasteiger charge is -2.36. The molecule has 1 fully saturated rings. The number of Topliss-reactive ketones (excluding diaryl/α,β-unsaturated/α-hetero) is 3. The Kier molecular flexibility index (Phi) is 4.79. The summed E-state index contributed by atoms with van der Waals surface area (Å²) in [5.41, 5.74) is 1.09. The number of nitrogens with zero attached hydrogens (tertiary/aromatic N) is 2. The standard InChI is InChI=1S/C31H22N2O5/c1-37-20-14-12-18(13-15-20)27(34)26-25(24-11-6-16-38-24)31(29(35)22-9-4-5-10-23(22)30(31)36)28-21-8-3-2-7-19(21)17-32-33(26)28/h2-17,25-26,28H,1H3/t25-,26+,28-/m1/s1. The molecule has 0 N–H and O–H groups in total. The van der Waals surface area contributed by atoms with Gasteiger partial charge < -0.3 is 9.15 Å². The van der Waals surface area contributed by atoms with Crippen LogP contribution in [-0.2, 0) is 0 Å². The fourth-order valence-corrected chi connectivity index (χ4v) is 6.48. The summed E-state index contributed by atoms with van der Waals surface area (Å²) < 4.78 is 11.2. The lowest BCUT2D eigenvalue weighted by Crippen LogP contribution is -2.43. The Morgan fingerprint density at radius 3 is 2.24 bits per heavy atom. The van der Waals surface area contributed by atoms with Gasteiger partial charge in [0.25, 0.3) is 0 Å². The van der Waals surface area contributed by atoms with Crippen LogP contribution in [0.5, 0.6) is 5.75 Å². The minimum Gasteiger partial charge on any atom is -0.497 e. The molecule has 7 rings (SSSR count). The number of carbonyl (C=O) groups is 3. The van der Waals surface area contributed by atoms with Gasteiger partial charge in [0.2, 0.25) is 0 Å². The fraction of sp³-hybridized carbons (Fsp3) is 0.161. The highest BCUT2D eigenvalue weighted by atomic mass is 16.5. The molecule has 3 aromatic carbocycles. The normalized spacial score (nSPS) is 22.3. The predicted octanol–water partition coefficient (Wildman–Crippen LogP) is 5.09. The molecule has 4 aromatic rings. The molecule has 7 heteroatoms. The van der Waals surface area contributed by atoms with Crippen LogP contribution in [0.15, 0.2) is 101 Å². The smallest absolute Gasteiger partial charge is 0.187 e. The van der Waals surface area contributed by atoms with Crippen LogP contribution in [0.25, 0.3) is 0 Å². The maximum atomic E-state index is 14.5. The quantitative estimate of drug-likeness (QED) is 0.285. The van der Waals surface area contributed by atoms with Gasteiger partial charge in [0.15, 0.2) is 17.3 Å². The SMILES string of the molecule is COc1ccc(C(=O)[C@@H]2[C@@H](c3ccco3)C3(C(=O)c4ccccc4C3=O)[C@H]3c4ccccc4C=NN23)cc1. The van der Waals surface area contributed by atoms with Crippen molar-refractivity contribution in [3.8, 4) is 5.75 Å². The number of hydrazone groups is 1. The summed E-state index contributed by atoms with van der Waals surface area (Å²) in [5, 5.41) is 6.38. The second-order valence-corrected chi connectivity index (χ2v) is 9.76. The Labute approximate surface area is 218 Å². The minimum atomic E-state index is -1.64. The second kappa shape index (κ2) is 8.11. The average Bonchev–Trinajstić information content (AvgIpc) is 3.66. The van der Waals surface area contributed by atoms with E-state index in [9.17, 15) is 14.4 Å². The predicted molar refractivity (Wildman–Crippen MR) is 139 cm³/mol. The summed E-state index contributed by atoms with van der Waals surface area (Å²) >= 11 is 0. The van der Waals surface area contributed by atoms with Gasteiger partial charge in [-0.15, -0.1) is 0 Å². The molecule has 0 radical (unpaired) electrons. The van der Waals surface area contributed by atoms with Gasteiger partial charge in [0.05, 0.1) is 31.5 Å². The number of fused-ring (bicyclic) bond motifs is 5.